The van der Waals surface area contributed by atoms with Crippen LogP contribution in [0.4, 0.5) is 14.6 Å². The SMILES string of the molecule is COc1cccc(F)c1-c1cc2c(NC(=O)c3ccc(F)cc3)n[nH]c2cn1. The molecule has 0 aliphatic heterocycles. The first-order chi connectivity index (χ1) is 13.6. The lowest BCUT2D eigenvalue weighted by Crippen LogP contribution is -2.12. The largest absolute Gasteiger partial charge is 0.496 e. The predicted octanol–water partition coefficient (Wildman–Crippen LogP) is 4.16. The lowest BCUT2D eigenvalue weighted by atomic mass is 10.1. The molecule has 4 aromatic rings. The van der Waals surface area contributed by atoms with Crippen molar-refractivity contribution in [3.05, 3.63) is 71.9 Å². The number of benzene rings is 2. The number of carbonyl (C=O) groups is 1. The number of anilines is 1. The van der Waals surface area contributed by atoms with Crippen LogP contribution in [0.3, 0.4) is 0 Å². The fourth-order valence-corrected chi connectivity index (χ4v) is 2.85. The number of hydrogen-bond donors (Lipinski definition) is 2. The van der Waals surface area contributed by atoms with Gasteiger partial charge in [0.1, 0.15) is 17.4 Å². The van der Waals surface area contributed by atoms with E-state index in [2.05, 4.69) is 20.5 Å². The van der Waals surface area contributed by atoms with Gasteiger partial charge in [0.15, 0.2) is 5.82 Å². The molecule has 140 valence electrons. The molecule has 0 unspecified atom stereocenters. The second-order valence-electron chi connectivity index (χ2n) is 5.97. The minimum Gasteiger partial charge on any atom is -0.496 e. The summed E-state index contributed by atoms with van der Waals surface area (Å²) in [6.45, 7) is 0. The summed E-state index contributed by atoms with van der Waals surface area (Å²) < 4.78 is 32.6. The molecule has 2 aromatic carbocycles. The monoisotopic (exact) mass is 380 g/mol. The Labute approximate surface area is 158 Å². The van der Waals surface area contributed by atoms with E-state index >= 15 is 0 Å². The number of methoxy groups -OCH3 is 1. The standard InChI is InChI=1S/C20H14F2N4O2/c1-28-17-4-2-3-14(22)18(17)15-9-13-16(10-23-15)25-26-19(13)24-20(27)11-5-7-12(21)8-6-11/h2-10H,1H3,(H2,24,25,26,27). The minimum absolute atomic E-state index is 0.212. The summed E-state index contributed by atoms with van der Waals surface area (Å²) in [6, 6.07) is 11.2. The van der Waals surface area contributed by atoms with Crippen molar-refractivity contribution in [2.24, 2.45) is 0 Å². The second-order valence-corrected chi connectivity index (χ2v) is 5.97. The number of H-pyrrole nitrogens is 1. The normalized spacial score (nSPS) is 10.8. The Morgan fingerprint density at radius 3 is 2.68 bits per heavy atom. The fourth-order valence-electron chi connectivity index (χ4n) is 2.85. The van der Waals surface area contributed by atoms with Crippen molar-refractivity contribution < 1.29 is 18.3 Å². The van der Waals surface area contributed by atoms with Gasteiger partial charge in [-0.25, -0.2) is 8.78 Å². The molecule has 1 amide bonds. The predicted molar refractivity (Wildman–Crippen MR) is 100 cm³/mol. The van der Waals surface area contributed by atoms with Crippen LogP contribution < -0.4 is 10.1 Å². The molecule has 2 heterocycles. The van der Waals surface area contributed by atoms with E-state index in [1.54, 1.807) is 18.2 Å². The Balaban J connectivity index is 1.73. The summed E-state index contributed by atoms with van der Waals surface area (Å²) in [4.78, 5) is 16.7. The number of nitrogens with zero attached hydrogens (tertiary/aromatic N) is 2. The van der Waals surface area contributed by atoms with E-state index in [-0.39, 0.29) is 16.9 Å². The first kappa shape index (κ1) is 17.6. The maximum absolute atomic E-state index is 14.4. The molecule has 2 N–H and O–H groups in total. The molecule has 0 aliphatic rings. The molecule has 6 nitrogen and oxygen atoms in total. The molecule has 0 spiro atoms. The Morgan fingerprint density at radius 1 is 1.14 bits per heavy atom. The molecule has 4 rings (SSSR count). The number of nitrogens with one attached hydrogen (secondary N) is 2. The molecular formula is C20H14F2N4O2. The summed E-state index contributed by atoms with van der Waals surface area (Å²) >= 11 is 0. The quantitative estimate of drug-likeness (QED) is 0.557. The van der Waals surface area contributed by atoms with Gasteiger partial charge in [-0.3, -0.25) is 14.9 Å². The average molecular weight is 380 g/mol. The molecule has 0 atom stereocenters. The maximum Gasteiger partial charge on any atom is 0.256 e. The van der Waals surface area contributed by atoms with Crippen LogP contribution in [0.15, 0.2) is 54.7 Å². The van der Waals surface area contributed by atoms with Gasteiger partial charge >= 0.3 is 0 Å². The summed E-state index contributed by atoms with van der Waals surface area (Å²) in [5.41, 5.74) is 1.39. The zero-order valence-electron chi connectivity index (χ0n) is 14.7. The smallest absolute Gasteiger partial charge is 0.256 e. The molecule has 8 heteroatoms. The van der Waals surface area contributed by atoms with Gasteiger partial charge < -0.3 is 10.1 Å². The van der Waals surface area contributed by atoms with Gasteiger partial charge in [0.25, 0.3) is 5.91 Å². The molecular weight excluding hydrogens is 366 g/mol. The van der Waals surface area contributed by atoms with Crippen LogP contribution in [0.1, 0.15) is 10.4 Å². The van der Waals surface area contributed by atoms with E-state index in [1.807, 2.05) is 0 Å². The number of aromatic nitrogens is 3. The summed E-state index contributed by atoms with van der Waals surface area (Å²) in [5, 5.41) is 10.1. The topological polar surface area (TPSA) is 79.9 Å². The Bertz CT molecular complexity index is 1170. The van der Waals surface area contributed by atoms with E-state index < -0.39 is 17.5 Å². The van der Waals surface area contributed by atoms with Gasteiger partial charge in [0.05, 0.1) is 30.1 Å². The number of halogens is 2. The molecule has 28 heavy (non-hydrogen) atoms. The molecule has 0 radical (unpaired) electrons. The molecule has 0 saturated carbocycles. The van der Waals surface area contributed by atoms with Gasteiger partial charge in [-0.1, -0.05) is 6.07 Å². The number of amides is 1. The van der Waals surface area contributed by atoms with Crippen molar-refractivity contribution >= 4 is 22.6 Å². The number of fused-ring (bicyclic) bond motifs is 1. The zero-order valence-corrected chi connectivity index (χ0v) is 14.7. The van der Waals surface area contributed by atoms with E-state index in [0.717, 1.165) is 0 Å². The maximum atomic E-state index is 14.4. The van der Waals surface area contributed by atoms with Gasteiger partial charge in [0.2, 0.25) is 0 Å². The van der Waals surface area contributed by atoms with E-state index in [9.17, 15) is 13.6 Å². The number of pyridine rings is 1. The number of ether oxygens (including phenoxy) is 1. The number of aromatic amines is 1. The second kappa shape index (κ2) is 7.07. The highest BCUT2D eigenvalue weighted by Crippen LogP contribution is 2.33. The van der Waals surface area contributed by atoms with Crippen LogP contribution >= 0.6 is 0 Å². The van der Waals surface area contributed by atoms with Crippen LogP contribution in [-0.4, -0.2) is 28.2 Å². The lowest BCUT2D eigenvalue weighted by molar-refractivity contribution is 0.102. The summed E-state index contributed by atoms with van der Waals surface area (Å²) in [6.07, 6.45) is 1.50. The van der Waals surface area contributed by atoms with E-state index in [1.165, 1.54) is 43.6 Å². The Hall–Kier alpha value is -3.81. The number of rotatable bonds is 4. The van der Waals surface area contributed by atoms with Crippen molar-refractivity contribution in [3.63, 3.8) is 0 Å². The van der Waals surface area contributed by atoms with Gasteiger partial charge in [0, 0.05) is 10.9 Å². The van der Waals surface area contributed by atoms with Crippen molar-refractivity contribution in [3.8, 4) is 17.0 Å². The van der Waals surface area contributed by atoms with Gasteiger partial charge in [-0.05, 0) is 42.5 Å². The first-order valence-corrected chi connectivity index (χ1v) is 8.30. The number of carbonyl (C=O) groups excluding carboxylic acids is 1. The van der Waals surface area contributed by atoms with Crippen molar-refractivity contribution in [1.29, 1.82) is 0 Å². The third kappa shape index (κ3) is 3.16. The average Bonchev–Trinajstić information content (AvgIpc) is 3.10. The number of hydrogen-bond acceptors (Lipinski definition) is 4. The highest BCUT2D eigenvalue weighted by Gasteiger charge is 2.17. The van der Waals surface area contributed by atoms with Gasteiger partial charge in [-0.15, -0.1) is 0 Å². The minimum atomic E-state index is -0.480. The molecule has 2 aromatic heterocycles. The van der Waals surface area contributed by atoms with E-state index in [4.69, 9.17) is 4.74 Å². The van der Waals surface area contributed by atoms with Crippen LogP contribution in [0, 0.1) is 11.6 Å². The fraction of sp³-hybridized carbons (Fsp3) is 0.0500. The Kier molecular flexibility index (Phi) is 4.44. The van der Waals surface area contributed by atoms with Crippen molar-refractivity contribution in [2.75, 3.05) is 12.4 Å². The van der Waals surface area contributed by atoms with Crippen molar-refractivity contribution in [2.45, 2.75) is 0 Å². The molecule has 0 aliphatic carbocycles. The van der Waals surface area contributed by atoms with Crippen LogP contribution in [-0.2, 0) is 0 Å². The van der Waals surface area contributed by atoms with Crippen molar-refractivity contribution in [1.82, 2.24) is 15.2 Å². The van der Waals surface area contributed by atoms with Crippen LogP contribution in [0.2, 0.25) is 0 Å². The summed E-state index contributed by atoms with van der Waals surface area (Å²) in [7, 11) is 1.45. The summed E-state index contributed by atoms with van der Waals surface area (Å²) in [5.74, 6) is -0.770. The first-order valence-electron chi connectivity index (χ1n) is 8.30. The zero-order chi connectivity index (χ0) is 19.7. The van der Waals surface area contributed by atoms with Gasteiger partial charge in [-0.2, -0.15) is 5.10 Å². The van der Waals surface area contributed by atoms with Crippen LogP contribution in [0.25, 0.3) is 22.2 Å². The third-order valence-electron chi connectivity index (χ3n) is 4.24. The van der Waals surface area contributed by atoms with E-state index in [0.29, 0.717) is 22.3 Å². The molecule has 0 fully saturated rings. The Morgan fingerprint density at radius 2 is 1.93 bits per heavy atom. The highest BCUT2D eigenvalue weighted by molar-refractivity contribution is 6.08. The van der Waals surface area contributed by atoms with Crippen LogP contribution in [0.5, 0.6) is 5.75 Å². The third-order valence-corrected chi connectivity index (χ3v) is 4.24. The highest BCUT2D eigenvalue weighted by atomic mass is 19.1. The molecule has 0 bridgehead atoms. The lowest BCUT2D eigenvalue weighted by Gasteiger charge is -2.09. The molecule has 0 saturated heterocycles.